The van der Waals surface area contributed by atoms with Crippen molar-refractivity contribution < 1.29 is 18.3 Å². The van der Waals surface area contributed by atoms with E-state index in [-0.39, 0.29) is 10.6 Å². The molecule has 0 unspecified atom stereocenters. The molecule has 0 fully saturated rings. The first-order chi connectivity index (χ1) is 16.8. The molecule has 0 aliphatic heterocycles. The summed E-state index contributed by atoms with van der Waals surface area (Å²) in [5.41, 5.74) is 4.95. The lowest BCUT2D eigenvalue weighted by Gasteiger charge is -2.25. The minimum atomic E-state index is -4.02. The second kappa shape index (κ2) is 9.99. The Morgan fingerprint density at radius 1 is 0.971 bits per heavy atom. The van der Waals surface area contributed by atoms with E-state index < -0.39 is 22.5 Å². The van der Waals surface area contributed by atoms with Crippen molar-refractivity contribution in [2.24, 2.45) is 5.10 Å². The van der Waals surface area contributed by atoms with E-state index in [0.717, 1.165) is 26.2 Å². The van der Waals surface area contributed by atoms with Gasteiger partial charge in [-0.05, 0) is 54.4 Å². The van der Waals surface area contributed by atoms with E-state index >= 15 is 0 Å². The molecule has 0 saturated heterocycles. The van der Waals surface area contributed by atoms with Crippen molar-refractivity contribution in [3.05, 3.63) is 102 Å². The Morgan fingerprint density at radius 3 is 2.43 bits per heavy atom. The Hall–Kier alpha value is -4.17. The van der Waals surface area contributed by atoms with E-state index in [1.807, 2.05) is 37.3 Å². The zero-order valence-electron chi connectivity index (χ0n) is 19.3. The maximum Gasteiger partial charge on any atom is 0.264 e. The molecule has 4 aromatic carbocycles. The number of carbonyl (C=O) groups is 1. The van der Waals surface area contributed by atoms with Crippen LogP contribution in [-0.2, 0) is 14.8 Å². The van der Waals surface area contributed by atoms with E-state index in [1.165, 1.54) is 18.3 Å². The van der Waals surface area contributed by atoms with Crippen molar-refractivity contribution >= 4 is 38.6 Å². The number of hydrogen-bond acceptors (Lipinski definition) is 5. The number of aromatic hydroxyl groups is 1. The molecular formula is C27H25N3O4S. The lowest BCUT2D eigenvalue weighted by atomic mass is 10.0. The Morgan fingerprint density at radius 2 is 1.69 bits per heavy atom. The second-order valence-corrected chi connectivity index (χ2v) is 9.99. The third-order valence-corrected chi connectivity index (χ3v) is 7.34. The summed E-state index contributed by atoms with van der Waals surface area (Å²) in [5, 5.41) is 15.9. The van der Waals surface area contributed by atoms with Gasteiger partial charge in [0, 0.05) is 5.56 Å². The van der Waals surface area contributed by atoms with Crippen molar-refractivity contribution in [1.82, 2.24) is 5.43 Å². The average molecular weight is 488 g/mol. The summed E-state index contributed by atoms with van der Waals surface area (Å²) >= 11 is 0. The first kappa shape index (κ1) is 24.0. The number of hydrazone groups is 1. The fraction of sp³-hybridized carbons (Fsp3) is 0.111. The number of phenols is 1. The molecule has 0 aliphatic rings. The van der Waals surface area contributed by atoms with Gasteiger partial charge in [-0.1, -0.05) is 66.2 Å². The molecule has 0 spiro atoms. The number of carbonyl (C=O) groups excluding carboxylic acids is 1. The third-order valence-electron chi connectivity index (χ3n) is 5.57. The number of aryl methyl sites for hydroxylation is 2. The number of nitrogens with one attached hydrogen (secondary N) is 1. The quantitative estimate of drug-likeness (QED) is 0.296. The lowest BCUT2D eigenvalue weighted by Crippen LogP contribution is -2.40. The average Bonchev–Trinajstić information content (AvgIpc) is 2.85. The minimum Gasteiger partial charge on any atom is -0.507 e. The Bertz CT molecular complexity index is 1520. The van der Waals surface area contributed by atoms with Gasteiger partial charge in [-0.15, -0.1) is 0 Å². The normalized spacial score (nSPS) is 11.6. The van der Waals surface area contributed by atoms with Gasteiger partial charge in [-0.2, -0.15) is 5.10 Å². The highest BCUT2D eigenvalue weighted by Gasteiger charge is 2.28. The number of nitrogens with zero attached hydrogens (tertiary/aromatic N) is 2. The number of phenolic OH excluding ortho intramolecular Hbond substituents is 1. The molecule has 0 atom stereocenters. The van der Waals surface area contributed by atoms with Crippen LogP contribution in [0.1, 0.15) is 16.7 Å². The molecule has 35 heavy (non-hydrogen) atoms. The molecule has 2 N–H and O–H groups in total. The van der Waals surface area contributed by atoms with E-state index in [1.54, 1.807) is 49.4 Å². The standard InChI is InChI=1S/C27H25N3O4S/c1-19-12-14-25(20(2)16-19)30(35(33,34)22-9-4-3-5-10-22)18-27(32)29-28-17-24-23-11-7-6-8-21(23)13-15-26(24)31/h3-17,31H,18H2,1-2H3,(H,29,32). The van der Waals surface area contributed by atoms with E-state index in [2.05, 4.69) is 10.5 Å². The first-order valence-corrected chi connectivity index (χ1v) is 12.4. The summed E-state index contributed by atoms with van der Waals surface area (Å²) in [7, 11) is -4.02. The summed E-state index contributed by atoms with van der Waals surface area (Å²) in [6.07, 6.45) is 1.35. The van der Waals surface area contributed by atoms with Crippen LogP contribution < -0.4 is 9.73 Å². The summed E-state index contributed by atoms with van der Waals surface area (Å²) in [5.74, 6) is -0.606. The molecule has 0 heterocycles. The van der Waals surface area contributed by atoms with Crippen LogP contribution in [0.25, 0.3) is 10.8 Å². The fourth-order valence-corrected chi connectivity index (χ4v) is 5.37. The summed E-state index contributed by atoms with van der Waals surface area (Å²) in [6.45, 7) is 3.24. The predicted molar refractivity (Wildman–Crippen MR) is 138 cm³/mol. The van der Waals surface area contributed by atoms with Crippen LogP contribution in [0.4, 0.5) is 5.69 Å². The number of amides is 1. The van der Waals surface area contributed by atoms with Gasteiger partial charge in [0.05, 0.1) is 16.8 Å². The van der Waals surface area contributed by atoms with Gasteiger partial charge in [0.15, 0.2) is 0 Å². The largest absolute Gasteiger partial charge is 0.507 e. The van der Waals surface area contributed by atoms with Crippen LogP contribution >= 0.6 is 0 Å². The molecule has 0 aromatic heterocycles. The monoisotopic (exact) mass is 487 g/mol. The van der Waals surface area contributed by atoms with Crippen LogP contribution in [0, 0.1) is 13.8 Å². The number of anilines is 1. The van der Waals surface area contributed by atoms with Gasteiger partial charge in [-0.25, -0.2) is 13.8 Å². The van der Waals surface area contributed by atoms with E-state index in [9.17, 15) is 18.3 Å². The molecule has 0 aliphatic carbocycles. The van der Waals surface area contributed by atoms with E-state index in [0.29, 0.717) is 11.3 Å². The Kier molecular flexibility index (Phi) is 6.84. The highest BCUT2D eigenvalue weighted by Crippen LogP contribution is 2.28. The SMILES string of the molecule is Cc1ccc(N(CC(=O)NN=Cc2c(O)ccc3ccccc23)S(=O)(=O)c2ccccc2)c(C)c1. The number of sulfonamides is 1. The minimum absolute atomic E-state index is 0.0188. The highest BCUT2D eigenvalue weighted by atomic mass is 32.2. The van der Waals surface area contributed by atoms with Gasteiger partial charge in [0.2, 0.25) is 0 Å². The molecule has 7 nitrogen and oxygen atoms in total. The molecule has 0 bridgehead atoms. The number of fused-ring (bicyclic) bond motifs is 1. The molecule has 0 radical (unpaired) electrons. The number of hydrogen-bond donors (Lipinski definition) is 2. The van der Waals surface area contributed by atoms with E-state index in [4.69, 9.17) is 0 Å². The van der Waals surface area contributed by atoms with Crippen molar-refractivity contribution in [2.75, 3.05) is 10.8 Å². The van der Waals surface area contributed by atoms with Crippen LogP contribution in [-0.4, -0.2) is 32.2 Å². The van der Waals surface area contributed by atoms with Crippen LogP contribution in [0.3, 0.4) is 0 Å². The summed E-state index contributed by atoms with van der Waals surface area (Å²) in [4.78, 5) is 12.9. The molecular weight excluding hydrogens is 462 g/mol. The zero-order valence-corrected chi connectivity index (χ0v) is 20.2. The molecule has 0 saturated carbocycles. The molecule has 4 aromatic rings. The zero-order chi connectivity index (χ0) is 25.0. The van der Waals surface area contributed by atoms with Gasteiger partial charge in [0.1, 0.15) is 12.3 Å². The Labute approximate surface area is 204 Å². The second-order valence-electron chi connectivity index (χ2n) is 8.13. The Balaban J connectivity index is 1.62. The van der Waals surface area contributed by atoms with Crippen LogP contribution in [0.5, 0.6) is 5.75 Å². The maximum atomic E-state index is 13.5. The van der Waals surface area contributed by atoms with Gasteiger partial charge in [-0.3, -0.25) is 9.10 Å². The van der Waals surface area contributed by atoms with Crippen molar-refractivity contribution in [1.29, 1.82) is 0 Å². The third kappa shape index (κ3) is 5.17. The number of rotatable bonds is 7. The van der Waals surface area contributed by atoms with Crippen LogP contribution in [0.2, 0.25) is 0 Å². The summed E-state index contributed by atoms with van der Waals surface area (Å²) in [6, 6.07) is 24.1. The maximum absolute atomic E-state index is 13.5. The van der Waals surface area contributed by atoms with Gasteiger partial charge >= 0.3 is 0 Å². The molecule has 4 rings (SSSR count). The molecule has 1 amide bonds. The highest BCUT2D eigenvalue weighted by molar-refractivity contribution is 7.92. The van der Waals surface area contributed by atoms with Crippen molar-refractivity contribution in [3.8, 4) is 5.75 Å². The predicted octanol–water partition coefficient (Wildman–Crippen LogP) is 4.51. The van der Waals surface area contributed by atoms with Gasteiger partial charge in [0.25, 0.3) is 15.9 Å². The van der Waals surface area contributed by atoms with Crippen molar-refractivity contribution in [2.45, 2.75) is 18.7 Å². The fourth-order valence-electron chi connectivity index (χ4n) is 3.86. The first-order valence-electron chi connectivity index (χ1n) is 10.9. The lowest BCUT2D eigenvalue weighted by molar-refractivity contribution is -0.119. The van der Waals surface area contributed by atoms with Gasteiger partial charge < -0.3 is 5.11 Å². The summed E-state index contributed by atoms with van der Waals surface area (Å²) < 4.78 is 28.0. The molecule has 178 valence electrons. The smallest absolute Gasteiger partial charge is 0.264 e. The molecule has 8 heteroatoms. The van der Waals surface area contributed by atoms with Crippen LogP contribution in [0.15, 0.2) is 94.9 Å². The van der Waals surface area contributed by atoms with Crippen molar-refractivity contribution in [3.63, 3.8) is 0 Å². The number of benzene rings is 4. The topological polar surface area (TPSA) is 99.1 Å².